The van der Waals surface area contributed by atoms with E-state index in [0.717, 1.165) is 10.3 Å². The lowest BCUT2D eigenvalue weighted by molar-refractivity contribution is 1.11. The number of aromatic nitrogens is 1. The van der Waals surface area contributed by atoms with Gasteiger partial charge in [-0.15, -0.1) is 0 Å². The third kappa shape index (κ3) is 1.69. The molecular weight excluding hydrogens is 218 g/mol. The highest BCUT2D eigenvalue weighted by Crippen LogP contribution is 2.27. The third-order valence-corrected chi connectivity index (χ3v) is 2.24. The van der Waals surface area contributed by atoms with E-state index in [0.29, 0.717) is 11.7 Å². The van der Waals surface area contributed by atoms with Crippen LogP contribution in [0.2, 0.25) is 0 Å². The Morgan fingerprint density at radius 2 is 2.33 bits per heavy atom. The highest BCUT2D eigenvalue weighted by atomic mass is 79.9. The Hall–Kier alpha value is -0.770. The first-order valence-electron chi connectivity index (χ1n) is 3.93. The van der Waals surface area contributed by atoms with Crippen molar-refractivity contribution in [1.29, 1.82) is 0 Å². The minimum Gasteiger partial charge on any atom is -0.396 e. The molecule has 0 aliphatic heterocycles. The van der Waals surface area contributed by atoms with Crippen LogP contribution in [-0.2, 0) is 0 Å². The number of nitrogen functional groups attached to an aromatic ring is 1. The van der Waals surface area contributed by atoms with Crippen LogP contribution in [0.15, 0.2) is 16.7 Å². The third-order valence-electron chi connectivity index (χ3n) is 1.80. The summed E-state index contributed by atoms with van der Waals surface area (Å²) in [5, 5.41) is 3.25. The molecule has 0 saturated heterocycles. The molecule has 64 valence electrons. The number of nitrogens with zero attached hydrogens (tertiary/aromatic N) is 1. The predicted molar refractivity (Wildman–Crippen MR) is 53.0 cm³/mol. The SMILES string of the molecule is Nc1cc(Br)cnc1NC1CC1. The number of rotatable bonds is 2. The molecule has 1 saturated carbocycles. The molecule has 1 aromatic heterocycles. The van der Waals surface area contributed by atoms with Crippen LogP contribution in [0.5, 0.6) is 0 Å². The zero-order valence-corrected chi connectivity index (χ0v) is 8.13. The lowest BCUT2D eigenvalue weighted by Crippen LogP contribution is -2.05. The van der Waals surface area contributed by atoms with Gasteiger partial charge in [0.25, 0.3) is 0 Å². The van der Waals surface area contributed by atoms with Gasteiger partial charge < -0.3 is 11.1 Å². The fourth-order valence-electron chi connectivity index (χ4n) is 0.997. The van der Waals surface area contributed by atoms with Crippen molar-refractivity contribution in [2.45, 2.75) is 18.9 Å². The number of hydrogen-bond donors (Lipinski definition) is 2. The van der Waals surface area contributed by atoms with E-state index in [2.05, 4.69) is 26.2 Å². The van der Waals surface area contributed by atoms with Crippen LogP contribution in [0, 0.1) is 0 Å². The maximum absolute atomic E-state index is 5.74. The molecule has 3 nitrogen and oxygen atoms in total. The van der Waals surface area contributed by atoms with Gasteiger partial charge in [-0.3, -0.25) is 0 Å². The van der Waals surface area contributed by atoms with Crippen molar-refractivity contribution >= 4 is 27.4 Å². The molecule has 0 unspecified atom stereocenters. The van der Waals surface area contributed by atoms with E-state index in [1.54, 1.807) is 6.20 Å². The first-order valence-corrected chi connectivity index (χ1v) is 4.72. The monoisotopic (exact) mass is 227 g/mol. The topological polar surface area (TPSA) is 50.9 Å². The lowest BCUT2D eigenvalue weighted by atomic mass is 10.4. The van der Waals surface area contributed by atoms with E-state index in [9.17, 15) is 0 Å². The van der Waals surface area contributed by atoms with Gasteiger partial charge in [0.1, 0.15) is 5.82 Å². The molecule has 0 bridgehead atoms. The van der Waals surface area contributed by atoms with Gasteiger partial charge in [0.15, 0.2) is 0 Å². The average molecular weight is 228 g/mol. The second kappa shape index (κ2) is 2.94. The molecule has 1 fully saturated rings. The number of nitrogens with one attached hydrogen (secondary N) is 1. The molecular formula is C8H10BrN3. The quantitative estimate of drug-likeness (QED) is 0.813. The predicted octanol–water partition coefficient (Wildman–Crippen LogP) is 2.00. The van der Waals surface area contributed by atoms with Crippen LogP contribution in [0.1, 0.15) is 12.8 Å². The molecule has 0 atom stereocenters. The molecule has 1 aliphatic rings. The van der Waals surface area contributed by atoms with Crippen LogP contribution < -0.4 is 11.1 Å². The smallest absolute Gasteiger partial charge is 0.149 e. The summed E-state index contributed by atoms with van der Waals surface area (Å²) >= 11 is 3.31. The molecule has 1 aromatic rings. The van der Waals surface area contributed by atoms with Crippen LogP contribution in [0.3, 0.4) is 0 Å². The van der Waals surface area contributed by atoms with Crippen molar-refractivity contribution in [1.82, 2.24) is 4.98 Å². The number of anilines is 2. The molecule has 0 radical (unpaired) electrons. The fourth-order valence-corrected chi connectivity index (χ4v) is 1.35. The number of hydrogen-bond acceptors (Lipinski definition) is 3. The molecule has 1 heterocycles. The number of halogens is 1. The molecule has 4 heteroatoms. The number of pyridine rings is 1. The van der Waals surface area contributed by atoms with Crippen molar-refractivity contribution in [3.05, 3.63) is 16.7 Å². The van der Waals surface area contributed by atoms with Crippen LogP contribution in [0.25, 0.3) is 0 Å². The maximum atomic E-state index is 5.74. The largest absolute Gasteiger partial charge is 0.396 e. The normalized spacial score (nSPS) is 16.1. The molecule has 0 amide bonds. The van der Waals surface area contributed by atoms with Gasteiger partial charge in [-0.1, -0.05) is 0 Å². The summed E-state index contributed by atoms with van der Waals surface area (Å²) in [7, 11) is 0. The Balaban J connectivity index is 2.18. The summed E-state index contributed by atoms with van der Waals surface area (Å²) in [5.41, 5.74) is 6.45. The van der Waals surface area contributed by atoms with Crippen molar-refractivity contribution in [3.8, 4) is 0 Å². The highest BCUT2D eigenvalue weighted by molar-refractivity contribution is 9.10. The summed E-state index contributed by atoms with van der Waals surface area (Å²) in [6, 6.07) is 2.46. The molecule has 3 N–H and O–H groups in total. The van der Waals surface area contributed by atoms with Crippen LogP contribution >= 0.6 is 15.9 Å². The summed E-state index contributed by atoms with van der Waals surface area (Å²) in [5.74, 6) is 0.806. The van der Waals surface area contributed by atoms with E-state index < -0.39 is 0 Å². The summed E-state index contributed by atoms with van der Waals surface area (Å²) in [6.45, 7) is 0. The summed E-state index contributed by atoms with van der Waals surface area (Å²) in [4.78, 5) is 4.17. The zero-order valence-electron chi connectivity index (χ0n) is 6.55. The zero-order chi connectivity index (χ0) is 8.55. The van der Waals surface area contributed by atoms with Gasteiger partial charge in [-0.25, -0.2) is 4.98 Å². The molecule has 12 heavy (non-hydrogen) atoms. The Bertz CT molecular complexity index is 296. The van der Waals surface area contributed by atoms with E-state index >= 15 is 0 Å². The summed E-state index contributed by atoms with van der Waals surface area (Å²) in [6.07, 6.45) is 4.22. The van der Waals surface area contributed by atoms with Gasteiger partial charge in [-0.05, 0) is 34.8 Å². The minimum absolute atomic E-state index is 0.598. The van der Waals surface area contributed by atoms with Crippen LogP contribution in [0.4, 0.5) is 11.5 Å². The van der Waals surface area contributed by atoms with E-state index in [-0.39, 0.29) is 0 Å². The average Bonchev–Trinajstić information content (AvgIpc) is 2.79. The van der Waals surface area contributed by atoms with Gasteiger partial charge in [0, 0.05) is 16.7 Å². The Morgan fingerprint density at radius 3 is 2.92 bits per heavy atom. The number of nitrogens with two attached hydrogens (primary N) is 1. The van der Waals surface area contributed by atoms with Crippen LogP contribution in [-0.4, -0.2) is 11.0 Å². The van der Waals surface area contributed by atoms with E-state index in [4.69, 9.17) is 5.73 Å². The Labute approximate surface area is 79.5 Å². The van der Waals surface area contributed by atoms with Gasteiger partial charge >= 0.3 is 0 Å². The lowest BCUT2D eigenvalue weighted by Gasteiger charge is -2.06. The maximum Gasteiger partial charge on any atom is 0.149 e. The van der Waals surface area contributed by atoms with Crippen molar-refractivity contribution < 1.29 is 0 Å². The van der Waals surface area contributed by atoms with Gasteiger partial charge in [0.05, 0.1) is 5.69 Å². The molecule has 0 spiro atoms. The molecule has 2 rings (SSSR count). The molecule has 0 aromatic carbocycles. The van der Waals surface area contributed by atoms with E-state index in [1.807, 2.05) is 6.07 Å². The Morgan fingerprint density at radius 1 is 1.58 bits per heavy atom. The van der Waals surface area contributed by atoms with Crippen molar-refractivity contribution in [2.75, 3.05) is 11.1 Å². The van der Waals surface area contributed by atoms with Crippen molar-refractivity contribution in [2.24, 2.45) is 0 Å². The Kier molecular flexibility index (Phi) is 1.92. The first kappa shape index (κ1) is 7.86. The standard InChI is InChI=1S/C8H10BrN3/c9-5-3-7(10)8(11-4-5)12-6-1-2-6/h3-4,6H,1-2,10H2,(H,11,12). The first-order chi connectivity index (χ1) is 5.75. The highest BCUT2D eigenvalue weighted by Gasteiger charge is 2.21. The minimum atomic E-state index is 0.598. The summed E-state index contributed by atoms with van der Waals surface area (Å²) < 4.78 is 0.918. The van der Waals surface area contributed by atoms with Crippen molar-refractivity contribution in [3.63, 3.8) is 0 Å². The van der Waals surface area contributed by atoms with E-state index in [1.165, 1.54) is 12.8 Å². The second-order valence-electron chi connectivity index (χ2n) is 3.01. The van der Waals surface area contributed by atoms with Gasteiger partial charge in [0.2, 0.25) is 0 Å². The second-order valence-corrected chi connectivity index (χ2v) is 3.93. The van der Waals surface area contributed by atoms with Gasteiger partial charge in [-0.2, -0.15) is 0 Å². The fraction of sp³-hybridized carbons (Fsp3) is 0.375. The molecule has 1 aliphatic carbocycles.